The minimum atomic E-state index is -0.208. The van der Waals surface area contributed by atoms with Crippen molar-refractivity contribution in [2.75, 3.05) is 13.7 Å². The molecular weight excluding hydrogens is 228 g/mol. The number of aromatic nitrogens is 1. The third-order valence-corrected chi connectivity index (χ3v) is 2.09. The summed E-state index contributed by atoms with van der Waals surface area (Å²) >= 11 is 5.73. The van der Waals surface area contributed by atoms with Crippen molar-refractivity contribution in [3.05, 3.63) is 34.8 Å². The first-order valence-corrected chi connectivity index (χ1v) is 5.22. The van der Waals surface area contributed by atoms with Gasteiger partial charge in [0.25, 0.3) is 5.91 Å². The molecular formula is C11H13ClN2O2. The quantitative estimate of drug-likeness (QED) is 0.648. The van der Waals surface area contributed by atoms with Crippen LogP contribution in [0.15, 0.2) is 18.5 Å². The largest absolute Gasteiger partial charge is 0.501 e. The fourth-order valence-electron chi connectivity index (χ4n) is 1.12. The average Bonchev–Trinajstić information content (AvgIpc) is 2.30. The lowest BCUT2D eigenvalue weighted by Crippen LogP contribution is -2.19. The van der Waals surface area contributed by atoms with Gasteiger partial charge in [0.15, 0.2) is 0 Å². The minimum Gasteiger partial charge on any atom is -0.501 e. The summed E-state index contributed by atoms with van der Waals surface area (Å²) in [4.78, 5) is 15.5. The number of nitrogens with one attached hydrogen (secondary N) is 1. The van der Waals surface area contributed by atoms with Crippen LogP contribution >= 0.6 is 11.6 Å². The molecule has 0 radical (unpaired) electrons. The molecule has 0 atom stereocenters. The standard InChI is InChI=1S/C11H13ClN2O2/c1-3-16-5-4-8-7-14-10(12)6-9(8)11(15)13-2/h4-7H,3H2,1-2H3,(H,13,15)/b5-4+. The summed E-state index contributed by atoms with van der Waals surface area (Å²) in [6, 6.07) is 1.52. The second kappa shape index (κ2) is 6.12. The molecule has 1 aromatic heterocycles. The molecule has 86 valence electrons. The van der Waals surface area contributed by atoms with E-state index in [2.05, 4.69) is 10.3 Å². The molecule has 0 aliphatic carbocycles. The molecule has 0 aliphatic heterocycles. The van der Waals surface area contributed by atoms with Crippen molar-refractivity contribution >= 4 is 23.6 Å². The highest BCUT2D eigenvalue weighted by Crippen LogP contribution is 2.14. The van der Waals surface area contributed by atoms with E-state index in [9.17, 15) is 4.79 Å². The van der Waals surface area contributed by atoms with E-state index in [0.717, 1.165) is 0 Å². The fourth-order valence-corrected chi connectivity index (χ4v) is 1.28. The zero-order chi connectivity index (χ0) is 12.0. The van der Waals surface area contributed by atoms with Crippen LogP contribution in [0.3, 0.4) is 0 Å². The molecule has 0 spiro atoms. The maximum absolute atomic E-state index is 11.5. The Morgan fingerprint density at radius 2 is 2.44 bits per heavy atom. The predicted octanol–water partition coefficient (Wildman–Crippen LogP) is 2.10. The highest BCUT2D eigenvalue weighted by Gasteiger charge is 2.09. The number of carbonyl (C=O) groups excluding carboxylic acids is 1. The molecule has 1 rings (SSSR count). The van der Waals surface area contributed by atoms with Crippen molar-refractivity contribution in [2.45, 2.75) is 6.92 Å². The van der Waals surface area contributed by atoms with E-state index in [-0.39, 0.29) is 11.1 Å². The summed E-state index contributed by atoms with van der Waals surface area (Å²) in [5, 5.41) is 2.82. The summed E-state index contributed by atoms with van der Waals surface area (Å²) < 4.78 is 5.06. The molecule has 4 nitrogen and oxygen atoms in total. The maximum atomic E-state index is 11.5. The van der Waals surface area contributed by atoms with Crippen LogP contribution in [-0.2, 0) is 4.74 Å². The molecule has 0 fully saturated rings. The summed E-state index contributed by atoms with van der Waals surface area (Å²) in [5.74, 6) is -0.208. The van der Waals surface area contributed by atoms with E-state index in [0.29, 0.717) is 17.7 Å². The zero-order valence-electron chi connectivity index (χ0n) is 9.16. The number of hydrogen-bond acceptors (Lipinski definition) is 3. The van der Waals surface area contributed by atoms with Gasteiger partial charge in [-0.1, -0.05) is 11.6 Å². The van der Waals surface area contributed by atoms with E-state index in [4.69, 9.17) is 16.3 Å². The van der Waals surface area contributed by atoms with Crippen LogP contribution < -0.4 is 5.32 Å². The number of hydrogen-bond donors (Lipinski definition) is 1. The van der Waals surface area contributed by atoms with Gasteiger partial charge in [-0.2, -0.15) is 0 Å². The number of rotatable bonds is 4. The van der Waals surface area contributed by atoms with Crippen molar-refractivity contribution in [3.63, 3.8) is 0 Å². The van der Waals surface area contributed by atoms with E-state index in [1.807, 2.05) is 6.92 Å². The Bertz CT molecular complexity index is 405. The number of halogens is 1. The third kappa shape index (κ3) is 3.24. The van der Waals surface area contributed by atoms with E-state index >= 15 is 0 Å². The predicted molar refractivity (Wildman–Crippen MR) is 63.3 cm³/mol. The SMILES string of the molecule is CCO/C=C/c1cnc(Cl)cc1C(=O)NC. The van der Waals surface area contributed by atoms with Crippen LogP contribution in [0, 0.1) is 0 Å². The number of ether oxygens (including phenoxy) is 1. The third-order valence-electron chi connectivity index (χ3n) is 1.88. The average molecular weight is 241 g/mol. The monoisotopic (exact) mass is 240 g/mol. The van der Waals surface area contributed by atoms with Gasteiger partial charge in [-0.05, 0) is 19.1 Å². The van der Waals surface area contributed by atoms with Crippen LogP contribution in [0.1, 0.15) is 22.8 Å². The Labute approximate surface area is 99.3 Å². The highest BCUT2D eigenvalue weighted by molar-refractivity contribution is 6.29. The molecule has 5 heteroatoms. The van der Waals surface area contributed by atoms with Gasteiger partial charge < -0.3 is 10.1 Å². The van der Waals surface area contributed by atoms with Crippen LogP contribution in [0.2, 0.25) is 5.15 Å². The Morgan fingerprint density at radius 3 is 3.06 bits per heavy atom. The molecule has 1 N–H and O–H groups in total. The van der Waals surface area contributed by atoms with Gasteiger partial charge in [0.1, 0.15) is 5.15 Å². The normalized spacial score (nSPS) is 10.4. The first kappa shape index (κ1) is 12.5. The molecule has 1 heterocycles. The molecule has 0 saturated heterocycles. The van der Waals surface area contributed by atoms with Gasteiger partial charge in [-0.25, -0.2) is 4.98 Å². The van der Waals surface area contributed by atoms with Crippen molar-refractivity contribution in [3.8, 4) is 0 Å². The van der Waals surface area contributed by atoms with Gasteiger partial charge >= 0.3 is 0 Å². The van der Waals surface area contributed by atoms with Crippen LogP contribution in [0.25, 0.3) is 6.08 Å². The molecule has 16 heavy (non-hydrogen) atoms. The van der Waals surface area contributed by atoms with Gasteiger partial charge in [0, 0.05) is 18.8 Å². The van der Waals surface area contributed by atoms with Gasteiger partial charge in [-0.3, -0.25) is 4.79 Å². The number of nitrogens with zero attached hydrogens (tertiary/aromatic N) is 1. The Balaban J connectivity index is 3.02. The van der Waals surface area contributed by atoms with Crippen molar-refractivity contribution in [1.29, 1.82) is 0 Å². The van der Waals surface area contributed by atoms with Crippen LogP contribution in [0.5, 0.6) is 0 Å². The topological polar surface area (TPSA) is 51.2 Å². The molecule has 0 aromatic carbocycles. The molecule has 1 aromatic rings. The molecule has 0 aliphatic rings. The van der Waals surface area contributed by atoms with Crippen molar-refractivity contribution in [1.82, 2.24) is 10.3 Å². The Hall–Kier alpha value is -1.55. The first-order valence-electron chi connectivity index (χ1n) is 4.84. The number of amides is 1. The van der Waals surface area contributed by atoms with Gasteiger partial charge in [-0.15, -0.1) is 0 Å². The summed E-state index contributed by atoms with van der Waals surface area (Å²) in [5.41, 5.74) is 1.13. The van der Waals surface area contributed by atoms with Crippen molar-refractivity contribution < 1.29 is 9.53 Å². The minimum absolute atomic E-state index is 0.208. The van der Waals surface area contributed by atoms with E-state index in [1.54, 1.807) is 13.1 Å². The lowest BCUT2D eigenvalue weighted by atomic mass is 10.1. The van der Waals surface area contributed by atoms with E-state index in [1.165, 1.54) is 18.5 Å². The lowest BCUT2D eigenvalue weighted by Gasteiger charge is -2.04. The molecule has 0 bridgehead atoms. The van der Waals surface area contributed by atoms with Crippen LogP contribution in [-0.4, -0.2) is 24.5 Å². The zero-order valence-corrected chi connectivity index (χ0v) is 9.91. The van der Waals surface area contributed by atoms with Gasteiger partial charge in [0.2, 0.25) is 0 Å². The van der Waals surface area contributed by atoms with E-state index < -0.39 is 0 Å². The maximum Gasteiger partial charge on any atom is 0.251 e. The Morgan fingerprint density at radius 1 is 1.69 bits per heavy atom. The summed E-state index contributed by atoms with van der Waals surface area (Å²) in [6.45, 7) is 2.46. The number of pyridine rings is 1. The molecule has 0 saturated carbocycles. The van der Waals surface area contributed by atoms with Gasteiger partial charge in [0.05, 0.1) is 18.4 Å². The first-order chi connectivity index (χ1) is 7.69. The summed E-state index contributed by atoms with van der Waals surface area (Å²) in [7, 11) is 1.56. The fraction of sp³-hybridized carbons (Fsp3) is 0.273. The Kier molecular flexibility index (Phi) is 4.79. The lowest BCUT2D eigenvalue weighted by molar-refractivity contribution is 0.0963. The second-order valence-corrected chi connectivity index (χ2v) is 3.32. The summed E-state index contributed by atoms with van der Waals surface area (Å²) in [6.07, 6.45) is 4.73. The van der Waals surface area contributed by atoms with Crippen molar-refractivity contribution in [2.24, 2.45) is 0 Å². The second-order valence-electron chi connectivity index (χ2n) is 2.93. The van der Waals surface area contributed by atoms with Crippen LogP contribution in [0.4, 0.5) is 0 Å². The highest BCUT2D eigenvalue weighted by atomic mass is 35.5. The molecule has 0 unspecified atom stereocenters. The smallest absolute Gasteiger partial charge is 0.251 e. The number of carbonyl (C=O) groups is 1. The molecule has 1 amide bonds.